The van der Waals surface area contributed by atoms with E-state index in [1.54, 1.807) is 0 Å². The molecule has 0 aliphatic heterocycles. The van der Waals surface area contributed by atoms with E-state index >= 15 is 0 Å². The molecular weight excluding hydrogens is 182 g/mol. The second-order valence-corrected chi connectivity index (χ2v) is 3.45. The van der Waals surface area contributed by atoms with Gasteiger partial charge in [-0.05, 0) is 38.5 Å². The molecule has 0 aromatic heterocycles. The SMILES string of the molecule is C=CC/C=C/CC/C=C/CCCCC#N. The first-order valence-corrected chi connectivity index (χ1v) is 5.69. The summed E-state index contributed by atoms with van der Waals surface area (Å²) in [5.41, 5.74) is 0. The number of hydrogen-bond donors (Lipinski definition) is 0. The molecule has 0 radical (unpaired) electrons. The molecule has 0 aromatic carbocycles. The van der Waals surface area contributed by atoms with Gasteiger partial charge in [0, 0.05) is 6.42 Å². The van der Waals surface area contributed by atoms with Gasteiger partial charge in [-0.15, -0.1) is 6.58 Å². The molecule has 0 amide bonds. The van der Waals surface area contributed by atoms with Crippen LogP contribution in [0.5, 0.6) is 0 Å². The molecule has 0 bridgehead atoms. The second-order valence-electron chi connectivity index (χ2n) is 3.45. The van der Waals surface area contributed by atoms with Crippen molar-refractivity contribution >= 4 is 0 Å². The Kier molecular flexibility index (Phi) is 11.6. The van der Waals surface area contributed by atoms with Crippen molar-refractivity contribution in [2.75, 3.05) is 0 Å². The van der Waals surface area contributed by atoms with Gasteiger partial charge in [0.05, 0.1) is 6.07 Å². The molecule has 0 unspecified atom stereocenters. The van der Waals surface area contributed by atoms with Crippen LogP contribution in [-0.2, 0) is 0 Å². The molecule has 0 aromatic rings. The number of nitrogens with zero attached hydrogens (tertiary/aromatic N) is 1. The van der Waals surface area contributed by atoms with E-state index in [0.29, 0.717) is 6.42 Å². The summed E-state index contributed by atoms with van der Waals surface area (Å²) in [7, 11) is 0. The van der Waals surface area contributed by atoms with Gasteiger partial charge in [-0.2, -0.15) is 5.26 Å². The maximum Gasteiger partial charge on any atom is 0.0621 e. The predicted octanol–water partition coefficient (Wildman–Crippen LogP) is 4.54. The summed E-state index contributed by atoms with van der Waals surface area (Å²) in [6.07, 6.45) is 17.9. The standard InChI is InChI=1S/C14H21N/c1-2-3-4-5-6-7-8-9-10-11-12-13-14-15/h2,4-5,8-9H,1,3,6-7,10-13H2/b5-4+,9-8+. The van der Waals surface area contributed by atoms with Crippen LogP contribution in [0, 0.1) is 11.3 Å². The van der Waals surface area contributed by atoms with Crippen molar-refractivity contribution < 1.29 is 0 Å². The lowest BCUT2D eigenvalue weighted by Gasteiger charge is -1.90. The van der Waals surface area contributed by atoms with Crippen LogP contribution < -0.4 is 0 Å². The largest absolute Gasteiger partial charge is 0.198 e. The molecule has 0 heterocycles. The number of unbranched alkanes of at least 4 members (excludes halogenated alkanes) is 4. The molecule has 0 spiro atoms. The van der Waals surface area contributed by atoms with Gasteiger partial charge in [0.25, 0.3) is 0 Å². The molecule has 1 heteroatoms. The van der Waals surface area contributed by atoms with Crippen LogP contribution in [-0.4, -0.2) is 0 Å². The van der Waals surface area contributed by atoms with Crippen LogP contribution in [0.4, 0.5) is 0 Å². The van der Waals surface area contributed by atoms with E-state index in [2.05, 4.69) is 37.0 Å². The molecule has 0 atom stereocenters. The highest BCUT2D eigenvalue weighted by Crippen LogP contribution is 2.01. The summed E-state index contributed by atoms with van der Waals surface area (Å²) < 4.78 is 0. The van der Waals surface area contributed by atoms with Crippen molar-refractivity contribution in [3.05, 3.63) is 37.0 Å². The minimum Gasteiger partial charge on any atom is -0.198 e. The van der Waals surface area contributed by atoms with E-state index in [1.165, 1.54) is 0 Å². The zero-order valence-corrected chi connectivity index (χ0v) is 9.49. The van der Waals surface area contributed by atoms with E-state index in [9.17, 15) is 0 Å². The fraction of sp³-hybridized carbons (Fsp3) is 0.500. The number of hydrogen-bond acceptors (Lipinski definition) is 1. The topological polar surface area (TPSA) is 23.8 Å². The lowest BCUT2D eigenvalue weighted by molar-refractivity contribution is 0.766. The highest BCUT2D eigenvalue weighted by molar-refractivity contribution is 4.91. The third-order valence-electron chi connectivity index (χ3n) is 2.05. The van der Waals surface area contributed by atoms with Crippen LogP contribution in [0.15, 0.2) is 37.0 Å². The van der Waals surface area contributed by atoms with E-state index in [4.69, 9.17) is 5.26 Å². The van der Waals surface area contributed by atoms with Gasteiger partial charge in [0.2, 0.25) is 0 Å². The molecular formula is C14H21N. The Hall–Kier alpha value is -1.29. The molecule has 0 rings (SSSR count). The van der Waals surface area contributed by atoms with Gasteiger partial charge in [-0.3, -0.25) is 0 Å². The summed E-state index contributed by atoms with van der Waals surface area (Å²) in [5.74, 6) is 0. The zero-order chi connectivity index (χ0) is 11.2. The fourth-order valence-electron chi connectivity index (χ4n) is 1.20. The molecule has 1 nitrogen and oxygen atoms in total. The van der Waals surface area contributed by atoms with Crippen molar-refractivity contribution in [3.63, 3.8) is 0 Å². The normalized spacial score (nSPS) is 10.9. The van der Waals surface area contributed by atoms with Crippen LogP contribution in [0.25, 0.3) is 0 Å². The van der Waals surface area contributed by atoms with Crippen LogP contribution in [0.3, 0.4) is 0 Å². The van der Waals surface area contributed by atoms with Crippen LogP contribution in [0.1, 0.15) is 44.9 Å². The van der Waals surface area contributed by atoms with Crippen LogP contribution >= 0.6 is 0 Å². The van der Waals surface area contributed by atoms with E-state index < -0.39 is 0 Å². The molecule has 0 N–H and O–H groups in total. The Morgan fingerprint density at radius 1 is 0.933 bits per heavy atom. The molecule has 0 fully saturated rings. The van der Waals surface area contributed by atoms with Crippen molar-refractivity contribution in [2.24, 2.45) is 0 Å². The third kappa shape index (κ3) is 12.7. The van der Waals surface area contributed by atoms with Gasteiger partial charge in [0.1, 0.15) is 0 Å². The van der Waals surface area contributed by atoms with Crippen LogP contribution in [0.2, 0.25) is 0 Å². The van der Waals surface area contributed by atoms with Gasteiger partial charge in [-0.1, -0.05) is 30.4 Å². The summed E-state index contributed by atoms with van der Waals surface area (Å²) in [6.45, 7) is 3.66. The van der Waals surface area contributed by atoms with Gasteiger partial charge >= 0.3 is 0 Å². The highest BCUT2D eigenvalue weighted by Gasteiger charge is 1.83. The van der Waals surface area contributed by atoms with Crippen molar-refractivity contribution in [1.82, 2.24) is 0 Å². The lowest BCUT2D eigenvalue weighted by Crippen LogP contribution is -1.72. The maximum absolute atomic E-state index is 8.33. The summed E-state index contributed by atoms with van der Waals surface area (Å²) in [6, 6.07) is 2.16. The average Bonchev–Trinajstić information content (AvgIpc) is 2.26. The molecule has 0 saturated heterocycles. The molecule has 0 aliphatic rings. The average molecular weight is 203 g/mol. The monoisotopic (exact) mass is 203 g/mol. The lowest BCUT2D eigenvalue weighted by atomic mass is 10.2. The minimum absolute atomic E-state index is 0.693. The van der Waals surface area contributed by atoms with E-state index in [0.717, 1.165) is 38.5 Å². The summed E-state index contributed by atoms with van der Waals surface area (Å²) >= 11 is 0. The quantitative estimate of drug-likeness (QED) is 0.398. The maximum atomic E-state index is 8.33. The van der Waals surface area contributed by atoms with Gasteiger partial charge < -0.3 is 0 Å². The molecule has 82 valence electrons. The Morgan fingerprint density at radius 2 is 1.60 bits per heavy atom. The first kappa shape index (κ1) is 13.7. The molecule has 15 heavy (non-hydrogen) atoms. The van der Waals surface area contributed by atoms with E-state index in [1.807, 2.05) is 6.08 Å². The Balaban J connectivity index is 3.17. The Morgan fingerprint density at radius 3 is 2.27 bits per heavy atom. The summed E-state index contributed by atoms with van der Waals surface area (Å²) in [4.78, 5) is 0. The number of rotatable bonds is 9. The smallest absolute Gasteiger partial charge is 0.0621 e. The Labute approximate surface area is 93.8 Å². The highest BCUT2D eigenvalue weighted by atomic mass is 14.2. The van der Waals surface area contributed by atoms with Crippen molar-refractivity contribution in [2.45, 2.75) is 44.9 Å². The number of allylic oxidation sites excluding steroid dienone is 5. The van der Waals surface area contributed by atoms with Crippen molar-refractivity contribution in [3.8, 4) is 6.07 Å². The van der Waals surface area contributed by atoms with Gasteiger partial charge in [-0.25, -0.2) is 0 Å². The van der Waals surface area contributed by atoms with Crippen molar-refractivity contribution in [1.29, 1.82) is 5.26 Å². The molecule has 0 aliphatic carbocycles. The fourth-order valence-corrected chi connectivity index (χ4v) is 1.20. The second kappa shape index (κ2) is 12.7. The first-order valence-electron chi connectivity index (χ1n) is 5.69. The Bertz CT molecular complexity index is 230. The number of nitriles is 1. The van der Waals surface area contributed by atoms with Gasteiger partial charge in [0.15, 0.2) is 0 Å². The third-order valence-corrected chi connectivity index (χ3v) is 2.05. The molecule has 0 saturated carbocycles. The predicted molar refractivity (Wildman–Crippen MR) is 66.4 cm³/mol. The first-order chi connectivity index (χ1) is 7.41. The van der Waals surface area contributed by atoms with E-state index in [-0.39, 0.29) is 0 Å². The zero-order valence-electron chi connectivity index (χ0n) is 9.49. The summed E-state index contributed by atoms with van der Waals surface area (Å²) in [5, 5.41) is 8.33. The minimum atomic E-state index is 0.693.